The topological polar surface area (TPSA) is 64.1 Å². The van der Waals surface area contributed by atoms with Crippen molar-refractivity contribution >= 4 is 40.7 Å². The number of esters is 1. The Bertz CT molecular complexity index is 933. The van der Waals surface area contributed by atoms with E-state index in [9.17, 15) is 4.79 Å². The summed E-state index contributed by atoms with van der Waals surface area (Å²) in [5, 5.41) is 3.51. The monoisotopic (exact) mass is 387 g/mol. The summed E-state index contributed by atoms with van der Waals surface area (Å²) in [6.07, 6.45) is 2.29. The van der Waals surface area contributed by atoms with Gasteiger partial charge in [0, 0.05) is 18.2 Å². The van der Waals surface area contributed by atoms with E-state index in [1.807, 2.05) is 30.3 Å². The van der Waals surface area contributed by atoms with Crippen LogP contribution >= 0.6 is 23.2 Å². The molecule has 3 aromatic rings. The number of aromatic nitrogens is 2. The zero-order valence-electron chi connectivity index (χ0n) is 13.9. The maximum absolute atomic E-state index is 11.8. The van der Waals surface area contributed by atoms with Gasteiger partial charge in [-0.05, 0) is 29.3 Å². The Morgan fingerprint density at radius 1 is 1.12 bits per heavy atom. The molecular weight excluding hydrogens is 373 g/mol. The first-order valence-electron chi connectivity index (χ1n) is 7.77. The van der Waals surface area contributed by atoms with Crippen molar-refractivity contribution in [3.05, 3.63) is 81.7 Å². The van der Waals surface area contributed by atoms with Crippen molar-refractivity contribution < 1.29 is 9.53 Å². The first-order chi connectivity index (χ1) is 12.6. The first-order valence-corrected chi connectivity index (χ1v) is 8.53. The lowest BCUT2D eigenvalue weighted by Crippen LogP contribution is -2.06. The van der Waals surface area contributed by atoms with Crippen molar-refractivity contribution in [2.45, 2.75) is 6.42 Å². The van der Waals surface area contributed by atoms with Crippen molar-refractivity contribution in [2.24, 2.45) is 0 Å². The number of ether oxygens (including phenoxy) is 1. The van der Waals surface area contributed by atoms with Crippen LogP contribution in [0.25, 0.3) is 0 Å². The van der Waals surface area contributed by atoms with Gasteiger partial charge in [-0.25, -0.2) is 14.8 Å². The van der Waals surface area contributed by atoms with Gasteiger partial charge < -0.3 is 10.1 Å². The Balaban J connectivity index is 1.95. The average molecular weight is 388 g/mol. The molecule has 0 unspecified atom stereocenters. The van der Waals surface area contributed by atoms with E-state index in [1.165, 1.54) is 7.11 Å². The highest BCUT2D eigenvalue weighted by Gasteiger charge is 2.15. The Hall–Kier alpha value is -2.63. The fraction of sp³-hybridized carbons (Fsp3) is 0.105. The third-order valence-corrected chi connectivity index (χ3v) is 4.32. The highest BCUT2D eigenvalue weighted by molar-refractivity contribution is 6.36. The molecule has 5 nitrogen and oxygen atoms in total. The number of carbonyl (C=O) groups excluding carboxylic acids is 1. The second kappa shape index (κ2) is 8.17. The third kappa shape index (κ3) is 4.12. The fourth-order valence-electron chi connectivity index (χ4n) is 2.46. The van der Waals surface area contributed by atoms with Gasteiger partial charge in [0.2, 0.25) is 5.28 Å². The summed E-state index contributed by atoms with van der Waals surface area (Å²) < 4.78 is 4.75. The molecule has 1 heterocycles. The second-order valence-electron chi connectivity index (χ2n) is 5.46. The lowest BCUT2D eigenvalue weighted by atomic mass is 10.1. The minimum atomic E-state index is -0.510. The highest BCUT2D eigenvalue weighted by atomic mass is 35.5. The van der Waals surface area contributed by atoms with Crippen LogP contribution < -0.4 is 5.32 Å². The minimum absolute atomic E-state index is 0.115. The van der Waals surface area contributed by atoms with Crippen LogP contribution in [0.5, 0.6) is 0 Å². The van der Waals surface area contributed by atoms with Gasteiger partial charge in [-0.2, -0.15) is 0 Å². The Morgan fingerprint density at radius 2 is 1.88 bits per heavy atom. The average Bonchev–Trinajstić information content (AvgIpc) is 2.66. The smallest absolute Gasteiger partial charge is 0.339 e. The van der Waals surface area contributed by atoms with Gasteiger partial charge in [0.05, 0.1) is 23.4 Å². The van der Waals surface area contributed by atoms with Crippen LogP contribution in [0.4, 0.5) is 11.5 Å². The van der Waals surface area contributed by atoms with Crippen LogP contribution in [-0.4, -0.2) is 23.0 Å². The van der Waals surface area contributed by atoms with Gasteiger partial charge in [-0.1, -0.05) is 48.0 Å². The van der Waals surface area contributed by atoms with Crippen LogP contribution in [0.1, 0.15) is 21.5 Å². The molecule has 0 radical (unpaired) electrons. The molecule has 0 aliphatic carbocycles. The normalized spacial score (nSPS) is 10.4. The molecule has 0 saturated heterocycles. The van der Waals surface area contributed by atoms with E-state index >= 15 is 0 Å². The van der Waals surface area contributed by atoms with Crippen molar-refractivity contribution in [1.29, 1.82) is 0 Å². The number of hydrogen-bond donors (Lipinski definition) is 1. The zero-order chi connectivity index (χ0) is 18.5. The number of halogens is 2. The van der Waals surface area contributed by atoms with E-state index in [4.69, 9.17) is 27.9 Å². The molecule has 0 spiro atoms. The lowest BCUT2D eigenvalue weighted by Gasteiger charge is -2.13. The molecule has 0 aliphatic heterocycles. The zero-order valence-corrected chi connectivity index (χ0v) is 15.4. The Morgan fingerprint density at radius 3 is 2.62 bits per heavy atom. The van der Waals surface area contributed by atoms with Gasteiger partial charge in [0.15, 0.2) is 0 Å². The van der Waals surface area contributed by atoms with Crippen LogP contribution in [0.2, 0.25) is 10.3 Å². The van der Waals surface area contributed by atoms with Gasteiger partial charge in [-0.3, -0.25) is 0 Å². The number of benzene rings is 2. The molecule has 2 aromatic carbocycles. The molecular formula is C19H15Cl2N3O2. The molecule has 0 bridgehead atoms. The number of carbonyl (C=O) groups is 1. The van der Waals surface area contributed by atoms with E-state index in [-0.39, 0.29) is 15.9 Å². The molecule has 3 rings (SSSR count). The van der Waals surface area contributed by atoms with Gasteiger partial charge in [0.1, 0.15) is 5.82 Å². The van der Waals surface area contributed by atoms with Crippen LogP contribution in [-0.2, 0) is 11.2 Å². The maximum Gasteiger partial charge on any atom is 0.339 e. The molecule has 0 fully saturated rings. The number of nitrogens with one attached hydrogen (secondary N) is 1. The third-order valence-electron chi connectivity index (χ3n) is 3.73. The molecule has 26 heavy (non-hydrogen) atoms. The summed E-state index contributed by atoms with van der Waals surface area (Å²) in [6.45, 7) is 0. The van der Waals surface area contributed by atoms with E-state index in [2.05, 4.69) is 15.3 Å². The van der Waals surface area contributed by atoms with Crippen LogP contribution in [0.3, 0.4) is 0 Å². The SMILES string of the molecule is COC(=O)c1cccc(Nc2nc(Cl)ncc2Cc2ccccc2)c1Cl. The maximum atomic E-state index is 11.8. The summed E-state index contributed by atoms with van der Waals surface area (Å²) in [4.78, 5) is 20.2. The largest absolute Gasteiger partial charge is 0.465 e. The fourth-order valence-corrected chi connectivity index (χ4v) is 2.85. The Kier molecular flexibility index (Phi) is 5.71. The molecule has 1 N–H and O–H groups in total. The molecule has 132 valence electrons. The van der Waals surface area contributed by atoms with E-state index < -0.39 is 5.97 Å². The minimum Gasteiger partial charge on any atom is -0.465 e. The molecule has 0 amide bonds. The van der Waals surface area contributed by atoms with Gasteiger partial charge >= 0.3 is 5.97 Å². The predicted molar refractivity (Wildman–Crippen MR) is 102 cm³/mol. The summed E-state index contributed by atoms with van der Waals surface area (Å²) in [5.41, 5.74) is 2.75. The first kappa shape index (κ1) is 18.2. The molecule has 0 saturated carbocycles. The molecule has 0 atom stereocenters. The van der Waals surface area contributed by atoms with Gasteiger partial charge in [-0.15, -0.1) is 0 Å². The van der Waals surface area contributed by atoms with Crippen LogP contribution in [0.15, 0.2) is 54.7 Å². The van der Waals surface area contributed by atoms with Crippen molar-refractivity contribution in [3.8, 4) is 0 Å². The lowest BCUT2D eigenvalue weighted by molar-refractivity contribution is 0.0601. The highest BCUT2D eigenvalue weighted by Crippen LogP contribution is 2.30. The van der Waals surface area contributed by atoms with E-state index in [1.54, 1.807) is 24.4 Å². The second-order valence-corrected chi connectivity index (χ2v) is 6.17. The quantitative estimate of drug-likeness (QED) is 0.497. The number of rotatable bonds is 5. The summed E-state index contributed by atoms with van der Waals surface area (Å²) in [7, 11) is 1.31. The molecule has 0 aliphatic rings. The van der Waals surface area contributed by atoms with Crippen molar-refractivity contribution in [3.63, 3.8) is 0 Å². The number of methoxy groups -OCH3 is 1. The predicted octanol–water partition coefficient (Wildman–Crippen LogP) is 4.90. The van der Waals surface area contributed by atoms with E-state index in [0.29, 0.717) is 17.9 Å². The Labute approximate surface area is 161 Å². The van der Waals surface area contributed by atoms with Crippen LogP contribution in [0, 0.1) is 0 Å². The summed E-state index contributed by atoms with van der Waals surface area (Å²) >= 11 is 12.3. The molecule has 1 aromatic heterocycles. The van der Waals surface area contributed by atoms with Gasteiger partial charge in [0.25, 0.3) is 0 Å². The molecule has 7 heteroatoms. The van der Waals surface area contributed by atoms with Crippen molar-refractivity contribution in [1.82, 2.24) is 9.97 Å². The number of nitrogens with zero attached hydrogens (tertiary/aromatic N) is 2. The van der Waals surface area contributed by atoms with E-state index in [0.717, 1.165) is 11.1 Å². The number of anilines is 2. The number of hydrogen-bond acceptors (Lipinski definition) is 5. The van der Waals surface area contributed by atoms with Crippen molar-refractivity contribution in [2.75, 3.05) is 12.4 Å². The summed E-state index contributed by atoms with van der Waals surface area (Å²) in [5.74, 6) is 0.0154. The standard InChI is InChI=1S/C19H15Cl2N3O2/c1-26-18(25)14-8-5-9-15(16(14)20)23-17-13(11-22-19(21)24-17)10-12-6-3-2-4-7-12/h2-9,11H,10H2,1H3,(H,22,23,24). The summed E-state index contributed by atoms with van der Waals surface area (Å²) in [6, 6.07) is 15.0.